The van der Waals surface area contributed by atoms with Gasteiger partial charge in [0.25, 0.3) is 11.8 Å². The molecule has 0 bridgehead atoms. The third-order valence-electron chi connectivity index (χ3n) is 11.6. The van der Waals surface area contributed by atoms with Crippen molar-refractivity contribution in [1.29, 1.82) is 0 Å². The number of amides is 5. The number of carbonyl (C=O) groups is 6. The molecule has 5 aliphatic rings. The number of piperidine rings is 1. The monoisotopic (exact) mass is 663 g/mol. The highest BCUT2D eigenvalue weighted by Gasteiger charge is 2.67. The highest BCUT2D eigenvalue weighted by molar-refractivity contribution is 6.39. The average Bonchev–Trinajstić information content (AvgIpc) is 3.68. The van der Waals surface area contributed by atoms with Gasteiger partial charge in [0, 0.05) is 36.3 Å². The lowest BCUT2D eigenvalue weighted by Crippen LogP contribution is -2.69. The van der Waals surface area contributed by atoms with Crippen LogP contribution in [0.4, 0.5) is 0 Å². The van der Waals surface area contributed by atoms with E-state index in [0.717, 1.165) is 51.4 Å². The minimum absolute atomic E-state index is 0.00989. The summed E-state index contributed by atoms with van der Waals surface area (Å²) in [4.78, 5) is 91.8. The first kappa shape index (κ1) is 34.0. The van der Waals surface area contributed by atoms with E-state index in [2.05, 4.69) is 31.2 Å². The number of ketones is 1. The lowest BCUT2D eigenvalue weighted by Gasteiger charge is -2.48. The second-order valence-corrected chi connectivity index (χ2v) is 15.6. The summed E-state index contributed by atoms with van der Waals surface area (Å²) in [6.45, 7) is 7.91. The van der Waals surface area contributed by atoms with Crippen molar-refractivity contribution in [2.24, 2.45) is 28.6 Å². The molecule has 2 aliphatic heterocycles. The normalized spacial score (nSPS) is 29.7. The van der Waals surface area contributed by atoms with Gasteiger partial charge in [-0.1, -0.05) is 47.0 Å². The van der Waals surface area contributed by atoms with E-state index in [1.54, 1.807) is 4.90 Å². The highest BCUT2D eigenvalue weighted by atomic mass is 16.2. The number of aromatic nitrogens is 2. The molecule has 1 aromatic rings. The van der Waals surface area contributed by atoms with Crippen molar-refractivity contribution in [3.8, 4) is 0 Å². The van der Waals surface area contributed by atoms with E-state index >= 15 is 0 Å². The van der Waals surface area contributed by atoms with Gasteiger partial charge in [0.2, 0.25) is 23.5 Å². The molecule has 6 rings (SSSR count). The van der Waals surface area contributed by atoms with Crippen LogP contribution < -0.4 is 21.3 Å². The van der Waals surface area contributed by atoms with Crippen molar-refractivity contribution < 1.29 is 28.8 Å². The third kappa shape index (κ3) is 6.32. The molecule has 1 aromatic heterocycles. The minimum atomic E-state index is -0.990. The van der Waals surface area contributed by atoms with Crippen LogP contribution in [0.3, 0.4) is 0 Å². The number of nitrogens with one attached hydrogen (secondary N) is 4. The summed E-state index contributed by atoms with van der Waals surface area (Å²) in [5.41, 5.74) is -1.28. The summed E-state index contributed by atoms with van der Waals surface area (Å²) in [6.07, 6.45) is 12.4. The summed E-state index contributed by atoms with van der Waals surface area (Å²) in [5, 5.41) is 11.6. The van der Waals surface area contributed by atoms with E-state index < -0.39 is 64.4 Å². The molecule has 13 heteroatoms. The Morgan fingerprint density at radius 1 is 1.02 bits per heavy atom. The lowest BCUT2D eigenvalue weighted by molar-refractivity contribution is -0.153. The molecule has 5 amide bonds. The SMILES string of the molecule is CCC12CC[C@H]3CN(C(=O)[C@@H](NC(=O)[C@@H](NC(=O)c4cnccn4)C4CCCCC4)C(C)(C)C)[C@H](C(=O)N[C@@H]1C(=O)C(=O)NC1CC1)[C@H]32. The van der Waals surface area contributed by atoms with Gasteiger partial charge in [-0.3, -0.25) is 33.8 Å². The molecule has 3 aliphatic carbocycles. The van der Waals surface area contributed by atoms with Crippen molar-refractivity contribution in [2.75, 3.05) is 6.54 Å². The maximum atomic E-state index is 14.6. The Kier molecular flexibility index (Phi) is 9.34. The van der Waals surface area contributed by atoms with Crippen LogP contribution in [0.2, 0.25) is 0 Å². The van der Waals surface area contributed by atoms with Gasteiger partial charge >= 0.3 is 0 Å². The Morgan fingerprint density at radius 3 is 2.38 bits per heavy atom. The standard InChI is InChI=1S/C35H49N7O6/c1-5-35-14-13-20-18-42(25(23(20)35)31(46)40-27(35)26(43)32(47)38-21-11-12-21)33(48)28(34(2,3)4)41-30(45)24(19-9-7-6-8-10-19)39-29(44)22-17-36-15-16-37-22/h15-17,19-21,23-25,27-28H,5-14,18H2,1-4H3,(H,38,47)(H,39,44)(H,40,46)(H,41,45)/t20-,23-,24-,25-,27+,28+,35?/m0/s1. The fourth-order valence-corrected chi connectivity index (χ4v) is 8.95. The fourth-order valence-electron chi connectivity index (χ4n) is 8.95. The number of hydrogen-bond donors (Lipinski definition) is 4. The van der Waals surface area contributed by atoms with Gasteiger partial charge in [-0.15, -0.1) is 0 Å². The molecule has 3 saturated carbocycles. The van der Waals surface area contributed by atoms with Crippen LogP contribution in [0.1, 0.15) is 102 Å². The molecule has 13 nitrogen and oxygen atoms in total. The van der Waals surface area contributed by atoms with Crippen molar-refractivity contribution in [3.63, 3.8) is 0 Å². The molecule has 5 fully saturated rings. The number of nitrogens with zero attached hydrogens (tertiary/aromatic N) is 3. The predicted octanol–water partition coefficient (Wildman–Crippen LogP) is 1.67. The predicted molar refractivity (Wildman–Crippen MR) is 174 cm³/mol. The van der Waals surface area contributed by atoms with Crippen molar-refractivity contribution in [1.82, 2.24) is 36.1 Å². The van der Waals surface area contributed by atoms with Crippen molar-refractivity contribution in [3.05, 3.63) is 24.3 Å². The molecule has 48 heavy (non-hydrogen) atoms. The summed E-state index contributed by atoms with van der Waals surface area (Å²) < 4.78 is 0. The summed E-state index contributed by atoms with van der Waals surface area (Å²) in [7, 11) is 0. The molecule has 2 saturated heterocycles. The van der Waals surface area contributed by atoms with E-state index in [0.29, 0.717) is 19.4 Å². The van der Waals surface area contributed by atoms with Crippen LogP contribution in [-0.2, 0) is 24.0 Å². The number of likely N-dealkylation sites (tertiary alicyclic amines) is 1. The Labute approximate surface area is 281 Å². The van der Waals surface area contributed by atoms with Gasteiger partial charge in [0.15, 0.2) is 0 Å². The molecular weight excluding hydrogens is 614 g/mol. The second-order valence-electron chi connectivity index (χ2n) is 15.6. The summed E-state index contributed by atoms with van der Waals surface area (Å²) in [5.74, 6) is -3.42. The van der Waals surface area contributed by atoms with Crippen molar-refractivity contribution in [2.45, 2.75) is 122 Å². The lowest BCUT2D eigenvalue weighted by atomic mass is 9.63. The highest BCUT2D eigenvalue weighted by Crippen LogP contribution is 2.59. The largest absolute Gasteiger partial charge is 0.347 e. The first-order valence-electron chi connectivity index (χ1n) is 17.7. The quantitative estimate of drug-likeness (QED) is 0.273. The van der Waals surface area contributed by atoms with Crippen molar-refractivity contribution >= 4 is 35.3 Å². The van der Waals surface area contributed by atoms with Gasteiger partial charge < -0.3 is 26.2 Å². The third-order valence-corrected chi connectivity index (χ3v) is 11.6. The zero-order valence-electron chi connectivity index (χ0n) is 28.4. The van der Waals surface area contributed by atoms with Gasteiger partial charge in [0.05, 0.1) is 6.20 Å². The van der Waals surface area contributed by atoms with Crippen LogP contribution in [0.5, 0.6) is 0 Å². The number of rotatable bonds is 10. The first-order chi connectivity index (χ1) is 22.9. The number of carbonyl (C=O) groups excluding carboxylic acids is 6. The van der Waals surface area contributed by atoms with Gasteiger partial charge in [0.1, 0.15) is 29.9 Å². The van der Waals surface area contributed by atoms with Gasteiger partial charge in [-0.25, -0.2) is 4.98 Å². The Morgan fingerprint density at radius 2 is 1.75 bits per heavy atom. The molecule has 0 aromatic carbocycles. The molecule has 4 N–H and O–H groups in total. The van der Waals surface area contributed by atoms with E-state index in [-0.39, 0.29) is 35.4 Å². The molecule has 3 heterocycles. The van der Waals surface area contributed by atoms with Crippen LogP contribution in [0.15, 0.2) is 18.6 Å². The Balaban J connectivity index is 1.23. The molecular formula is C35H49N7O6. The maximum Gasteiger partial charge on any atom is 0.289 e. The molecule has 0 spiro atoms. The maximum absolute atomic E-state index is 14.6. The Bertz CT molecular complexity index is 1450. The average molecular weight is 664 g/mol. The summed E-state index contributed by atoms with van der Waals surface area (Å²) >= 11 is 0. The van der Waals surface area contributed by atoms with Gasteiger partial charge in [-0.2, -0.15) is 0 Å². The van der Waals surface area contributed by atoms with E-state index in [1.165, 1.54) is 18.6 Å². The zero-order chi connectivity index (χ0) is 34.4. The second kappa shape index (κ2) is 13.2. The Hall–Kier alpha value is -3.90. The van der Waals surface area contributed by atoms with Gasteiger partial charge in [-0.05, 0) is 62.2 Å². The summed E-state index contributed by atoms with van der Waals surface area (Å²) in [6, 6.07) is -3.61. The van der Waals surface area contributed by atoms with E-state index in [9.17, 15) is 28.8 Å². The van der Waals surface area contributed by atoms with E-state index in [1.807, 2.05) is 27.7 Å². The number of hydrogen-bond acceptors (Lipinski definition) is 8. The van der Waals surface area contributed by atoms with Crippen LogP contribution in [0, 0.1) is 28.6 Å². The van der Waals surface area contributed by atoms with Crippen LogP contribution in [-0.4, -0.2) is 86.9 Å². The smallest absolute Gasteiger partial charge is 0.289 e. The first-order valence-corrected chi connectivity index (χ1v) is 17.7. The minimum Gasteiger partial charge on any atom is -0.347 e. The molecule has 1 unspecified atom stereocenters. The van der Waals surface area contributed by atoms with Crippen LogP contribution >= 0.6 is 0 Å². The fraction of sp³-hybridized carbons (Fsp3) is 0.714. The zero-order valence-corrected chi connectivity index (χ0v) is 28.4. The van der Waals surface area contributed by atoms with Crippen LogP contribution in [0.25, 0.3) is 0 Å². The molecule has 0 radical (unpaired) electrons. The molecule has 7 atom stereocenters. The topological polar surface area (TPSA) is 180 Å². The van der Waals surface area contributed by atoms with E-state index in [4.69, 9.17) is 0 Å². The molecule has 260 valence electrons. The number of Topliss-reactive ketones (excluding diaryl/α,β-unsaturated/α-hetero) is 1.